The topological polar surface area (TPSA) is 385 Å². The van der Waals surface area contributed by atoms with E-state index in [0.29, 0.717) is 19.6 Å². The first-order valence-electron chi connectivity index (χ1n) is 25.7. The molecule has 24 nitrogen and oxygen atoms in total. The third-order valence-corrected chi connectivity index (χ3v) is 9.78. The van der Waals surface area contributed by atoms with E-state index in [2.05, 4.69) is 15.4 Å². The number of carbonyl (C=O) groups excluding carboxylic acids is 9. The summed E-state index contributed by atoms with van der Waals surface area (Å²) in [6.45, 7) is 13.8. The average molecular weight is 1240 g/mol. The Kier molecular flexibility index (Phi) is 55.0. The van der Waals surface area contributed by atoms with Crippen LogP contribution in [0, 0.1) is 0 Å². The fourth-order valence-electron chi connectivity index (χ4n) is 5.99. The van der Waals surface area contributed by atoms with Crippen molar-refractivity contribution in [1.29, 1.82) is 0 Å². The molecule has 3 aromatic rings. The maximum Gasteiger partial charge on any atom is 0.341 e. The molecule has 3 atom stereocenters. The lowest BCUT2D eigenvalue weighted by molar-refractivity contribution is -0.157. The lowest BCUT2D eigenvalue weighted by Crippen LogP contribution is -2.38. The average Bonchev–Trinajstić information content (AvgIpc) is 3.88. The van der Waals surface area contributed by atoms with Crippen LogP contribution in [0.4, 0.5) is 0 Å². The van der Waals surface area contributed by atoms with Gasteiger partial charge in [0, 0.05) is 40.3 Å². The minimum absolute atomic E-state index is 0. The van der Waals surface area contributed by atoms with E-state index >= 15 is 0 Å². The number of hydrogen-bond donors (Lipinski definition) is 6. The molecule has 1 saturated heterocycles. The number of allylic oxidation sites excluding steroid dienone is 4. The van der Waals surface area contributed by atoms with Crippen molar-refractivity contribution in [1.82, 2.24) is 16.8 Å². The van der Waals surface area contributed by atoms with Crippen molar-refractivity contribution >= 4 is 64.5 Å². The molecule has 1 aliphatic rings. The zero-order chi connectivity index (χ0) is 61.2. The molecule has 0 spiro atoms. The quantitative estimate of drug-likeness (QED) is 0.0162. The smallest absolute Gasteiger partial charge is 0.341 e. The zero-order valence-electron chi connectivity index (χ0n) is 48.6. The van der Waals surface area contributed by atoms with Gasteiger partial charge in [-0.3, -0.25) is 38.4 Å². The number of aliphatic hydroxyl groups is 2. The van der Waals surface area contributed by atoms with Crippen molar-refractivity contribution in [2.45, 2.75) is 140 Å². The molecule has 86 heavy (non-hydrogen) atoms. The van der Waals surface area contributed by atoms with Gasteiger partial charge in [0.25, 0.3) is 11.8 Å². The molecule has 11 N–H and O–H groups in total. The largest absolute Gasteiger partial charge is 0.465 e. The first-order valence-corrected chi connectivity index (χ1v) is 26.1. The van der Waals surface area contributed by atoms with Gasteiger partial charge in [-0.25, -0.2) is 4.79 Å². The number of esters is 6. The number of para-hydroxylation sites is 3. The Morgan fingerprint density at radius 1 is 0.663 bits per heavy atom. The highest BCUT2D eigenvalue weighted by Crippen LogP contribution is 2.22. The second-order valence-electron chi connectivity index (χ2n) is 17.1. The number of nitrogens with two attached hydrogens (primary N) is 1. The van der Waals surface area contributed by atoms with Crippen LogP contribution in [-0.2, 0) is 52.5 Å². The third kappa shape index (κ3) is 43.0. The number of ether oxygens (including phenoxy) is 8. The highest BCUT2D eigenvalue weighted by Gasteiger charge is 2.31. The van der Waals surface area contributed by atoms with E-state index in [1.54, 1.807) is 54.6 Å². The predicted molar refractivity (Wildman–Crippen MR) is 329 cm³/mol. The Bertz CT molecular complexity index is 2540. The van der Waals surface area contributed by atoms with Gasteiger partial charge in [-0.05, 0) is 81.1 Å². The molecule has 486 valence electrons. The van der Waals surface area contributed by atoms with Crippen LogP contribution in [0.25, 0.3) is 0 Å². The highest BCUT2D eigenvalue weighted by atomic mass is 35.5. The molecule has 3 aromatic carbocycles. The van der Waals surface area contributed by atoms with Crippen molar-refractivity contribution in [3.05, 3.63) is 126 Å². The van der Waals surface area contributed by atoms with Gasteiger partial charge < -0.3 is 76.1 Å². The van der Waals surface area contributed by atoms with E-state index in [9.17, 15) is 43.2 Å². The van der Waals surface area contributed by atoms with Crippen LogP contribution in [0.15, 0.2) is 109 Å². The standard InChI is InChI=1S/C24H31NO7.C12H15NO5.C10H10O4.C6H9ClO.C6H13NO2.3CH4.H3N.H2O/c1-4-6-8-14-22(27)30-17-19(32-23(28)15-9-7-5-2)16-25-24(29)20-12-10-11-13-21(20)31-18(3)26;1-8(15)18-11-5-3-2-4-10(11)12(17)13-6-9(16)7-14;1-7(11)14-9-6-4-3-5-8(9)10(12)13-2;1-2-3-4-5-6(7)8;1-6(2)8-4-5(3-7)9-6;;;;;/h6-13,19H,4-5,14-17H2,1-3H3,(H,25,29);2-5,9,14,16H,6-7H2,1H3,(H,13,17);3-6H,1-2H3;3-4H,2,5H2,1H3;5H,3-4,7H2,1-2H3;3*1H4;1H3;1H2/b8-6-,9-7-;;;4-3-;;;;;;. The highest BCUT2D eigenvalue weighted by molar-refractivity contribution is 6.63. The van der Waals surface area contributed by atoms with Gasteiger partial charge >= 0.3 is 35.8 Å². The first kappa shape index (κ1) is 89.5. The minimum atomic E-state index is -1.02. The Morgan fingerprint density at radius 3 is 1.42 bits per heavy atom. The lowest BCUT2D eigenvalue weighted by atomic mass is 10.2. The number of benzene rings is 3. The van der Waals surface area contributed by atoms with Crippen LogP contribution >= 0.6 is 11.6 Å². The summed E-state index contributed by atoms with van der Waals surface area (Å²) < 4.78 is 40.4. The number of methoxy groups -OCH3 is 1. The number of amides is 2. The number of nitrogens with one attached hydrogen (secondary N) is 2. The minimum Gasteiger partial charge on any atom is -0.465 e. The van der Waals surface area contributed by atoms with Crippen LogP contribution in [0.3, 0.4) is 0 Å². The fraction of sp³-hybridized carbons (Fsp3) is 0.459. The number of carbonyl (C=O) groups is 9. The first-order chi connectivity index (χ1) is 38.5. The zero-order valence-corrected chi connectivity index (χ0v) is 49.4. The van der Waals surface area contributed by atoms with Gasteiger partial charge in [-0.1, -0.05) is 116 Å². The number of hydrogen-bond acceptors (Lipinski definition) is 21. The van der Waals surface area contributed by atoms with Gasteiger partial charge in [0.1, 0.15) is 29.4 Å². The molecule has 2 amide bonds. The molecular formula is C61H95ClN4O20. The summed E-state index contributed by atoms with van der Waals surface area (Å²) in [5, 5.41) is 22.5. The monoisotopic (exact) mass is 1240 g/mol. The molecule has 1 fully saturated rings. The summed E-state index contributed by atoms with van der Waals surface area (Å²) in [5.41, 5.74) is 5.94. The molecule has 0 aromatic heterocycles. The molecular weight excluding hydrogens is 1140 g/mol. The summed E-state index contributed by atoms with van der Waals surface area (Å²) >= 11 is 5.02. The van der Waals surface area contributed by atoms with Crippen LogP contribution < -0.4 is 36.7 Å². The summed E-state index contributed by atoms with van der Waals surface area (Å²) in [5.74, 6) is -3.98. The second-order valence-corrected chi connectivity index (χ2v) is 17.5. The van der Waals surface area contributed by atoms with E-state index in [-0.39, 0.29) is 112 Å². The summed E-state index contributed by atoms with van der Waals surface area (Å²) in [7, 11) is 1.27. The van der Waals surface area contributed by atoms with Crippen molar-refractivity contribution in [2.24, 2.45) is 5.73 Å². The second kappa shape index (κ2) is 52.8. The Hall–Kier alpha value is -7.68. The van der Waals surface area contributed by atoms with Crippen LogP contribution in [0.1, 0.15) is 147 Å². The molecule has 0 saturated carbocycles. The van der Waals surface area contributed by atoms with Crippen molar-refractivity contribution in [3.8, 4) is 17.2 Å². The lowest BCUT2D eigenvalue weighted by Gasteiger charge is -2.18. The molecule has 0 aliphatic carbocycles. The molecule has 1 aliphatic heterocycles. The fourth-order valence-corrected chi connectivity index (χ4v) is 6.07. The maximum atomic E-state index is 12.6. The Labute approximate surface area is 512 Å². The van der Waals surface area contributed by atoms with E-state index in [1.807, 2.05) is 52.8 Å². The molecule has 4 rings (SSSR count). The van der Waals surface area contributed by atoms with E-state index < -0.39 is 72.2 Å². The maximum absolute atomic E-state index is 12.6. The number of aliphatic hydroxyl groups excluding tert-OH is 2. The summed E-state index contributed by atoms with van der Waals surface area (Å²) in [4.78, 5) is 102. The summed E-state index contributed by atoms with van der Waals surface area (Å²) in [6.07, 6.45) is 12.1. The Balaban J connectivity index is -0.000000252. The Morgan fingerprint density at radius 2 is 1.06 bits per heavy atom. The summed E-state index contributed by atoms with van der Waals surface area (Å²) in [6, 6.07) is 18.9. The van der Waals surface area contributed by atoms with E-state index in [4.69, 9.17) is 60.7 Å². The molecule has 3 unspecified atom stereocenters. The third-order valence-electron chi connectivity index (χ3n) is 9.63. The van der Waals surface area contributed by atoms with Crippen molar-refractivity contribution in [3.63, 3.8) is 0 Å². The van der Waals surface area contributed by atoms with E-state index in [0.717, 1.165) is 19.3 Å². The molecule has 1 heterocycles. The SMILES string of the molecule is C.C.C.CC(=O)Oc1ccccc1C(=O)NCC(O)CO.CC/C=C\CC(=O)Cl.CC/C=C\CC(=O)OCC(CNC(=O)c1ccccc1OC(C)=O)OC(=O)C/C=C\CC.CC1(C)OCC(CN)O1.COC(=O)c1ccccc1OC(C)=O.N.O. The van der Waals surface area contributed by atoms with Crippen molar-refractivity contribution < 1.29 is 96.7 Å². The normalized spacial score (nSPS) is 12.8. The van der Waals surface area contributed by atoms with Gasteiger partial charge in [0.2, 0.25) is 5.24 Å². The van der Waals surface area contributed by atoms with Gasteiger partial charge in [-0.15, -0.1) is 0 Å². The van der Waals surface area contributed by atoms with Crippen LogP contribution in [0.5, 0.6) is 17.2 Å². The molecule has 25 heteroatoms. The molecule has 0 radical (unpaired) electrons. The number of halogens is 1. The van der Waals surface area contributed by atoms with Crippen molar-refractivity contribution in [2.75, 3.05) is 46.6 Å². The van der Waals surface area contributed by atoms with E-state index in [1.165, 1.54) is 64.3 Å². The number of rotatable bonds is 24. The van der Waals surface area contributed by atoms with Gasteiger partial charge in [-0.2, -0.15) is 0 Å². The van der Waals surface area contributed by atoms with Crippen LogP contribution in [0.2, 0.25) is 0 Å². The van der Waals surface area contributed by atoms with Crippen LogP contribution in [-0.4, -0.2) is 139 Å². The van der Waals surface area contributed by atoms with Gasteiger partial charge in [0.05, 0.1) is 63.0 Å². The molecule has 0 bridgehead atoms. The van der Waals surface area contributed by atoms with Gasteiger partial charge in [0.15, 0.2) is 11.9 Å². The predicted octanol–water partition coefficient (Wildman–Crippen LogP) is 8.05.